The lowest BCUT2D eigenvalue weighted by atomic mass is 10.1. The highest BCUT2D eigenvalue weighted by Crippen LogP contribution is 2.18. The quantitative estimate of drug-likeness (QED) is 0.570. The van der Waals surface area contributed by atoms with Crippen LogP contribution in [-0.4, -0.2) is 6.03 Å². The van der Waals surface area contributed by atoms with Gasteiger partial charge in [-0.3, -0.25) is 0 Å². The summed E-state index contributed by atoms with van der Waals surface area (Å²) in [7, 11) is 0. The van der Waals surface area contributed by atoms with E-state index in [4.69, 9.17) is 0 Å². The molecule has 0 aliphatic carbocycles. The molecule has 0 aliphatic rings. The lowest BCUT2D eigenvalue weighted by Gasteiger charge is -2.08. The molecule has 3 aromatic carbocycles. The topological polar surface area (TPSA) is 53.2 Å². The van der Waals surface area contributed by atoms with Gasteiger partial charge in [-0.1, -0.05) is 48.0 Å². The van der Waals surface area contributed by atoms with Crippen molar-refractivity contribution < 1.29 is 4.79 Å². The minimum atomic E-state index is -0.280. The second-order valence-corrected chi connectivity index (χ2v) is 5.91. The van der Waals surface area contributed by atoms with Gasteiger partial charge >= 0.3 is 6.03 Å². The fraction of sp³-hybridized carbons (Fsp3) is 0.0455. The van der Waals surface area contributed by atoms with Gasteiger partial charge in [-0.05, 0) is 55.0 Å². The molecule has 0 saturated heterocycles. The molecule has 0 aromatic heterocycles. The van der Waals surface area contributed by atoms with Crippen molar-refractivity contribution in [2.24, 2.45) is 0 Å². The molecule has 0 radical (unpaired) electrons. The largest absolute Gasteiger partial charge is 0.356 e. The van der Waals surface area contributed by atoms with Gasteiger partial charge in [-0.15, -0.1) is 0 Å². The lowest BCUT2D eigenvalue weighted by Crippen LogP contribution is -2.23. The molecular weight excluding hydrogens is 322 g/mol. The molecule has 130 valence electrons. The number of urea groups is 1. The van der Waals surface area contributed by atoms with Crippen LogP contribution in [0.25, 0.3) is 6.08 Å². The van der Waals surface area contributed by atoms with Gasteiger partial charge in [-0.2, -0.15) is 0 Å². The van der Waals surface area contributed by atoms with Crippen LogP contribution >= 0.6 is 0 Å². The maximum atomic E-state index is 11.9. The summed E-state index contributed by atoms with van der Waals surface area (Å²) in [5.41, 5.74) is 4.95. The average molecular weight is 343 g/mol. The maximum absolute atomic E-state index is 11.9. The number of hydrogen-bond donors (Lipinski definition) is 3. The van der Waals surface area contributed by atoms with Crippen LogP contribution in [0.4, 0.5) is 21.9 Å². The molecule has 0 bridgehead atoms. The van der Waals surface area contributed by atoms with Crippen LogP contribution < -0.4 is 16.0 Å². The number of anilines is 3. The van der Waals surface area contributed by atoms with Gasteiger partial charge in [0.15, 0.2) is 0 Å². The molecule has 0 aliphatic heterocycles. The van der Waals surface area contributed by atoms with Crippen LogP contribution in [0.5, 0.6) is 0 Å². The Morgan fingerprint density at radius 1 is 0.769 bits per heavy atom. The number of carbonyl (C=O) groups is 1. The number of aryl methyl sites for hydroxylation is 1. The van der Waals surface area contributed by atoms with Gasteiger partial charge in [0, 0.05) is 23.3 Å². The van der Waals surface area contributed by atoms with Gasteiger partial charge in [0.1, 0.15) is 0 Å². The zero-order valence-electron chi connectivity index (χ0n) is 14.6. The van der Waals surface area contributed by atoms with Gasteiger partial charge < -0.3 is 16.0 Å². The number of nitrogens with one attached hydrogen (secondary N) is 3. The summed E-state index contributed by atoms with van der Waals surface area (Å²) in [5.74, 6) is 0. The fourth-order valence-electron chi connectivity index (χ4n) is 2.38. The SMILES string of the molecule is Cc1ccc(/C=C/NC(=O)Nc2ccc(Nc3ccccc3)cc2)cc1. The van der Waals surface area contributed by atoms with Crippen LogP contribution in [0.3, 0.4) is 0 Å². The Hall–Kier alpha value is -3.53. The zero-order valence-corrected chi connectivity index (χ0v) is 14.6. The Balaban J connectivity index is 1.50. The Morgan fingerprint density at radius 3 is 2.08 bits per heavy atom. The van der Waals surface area contributed by atoms with Crippen LogP contribution in [0, 0.1) is 6.92 Å². The zero-order chi connectivity index (χ0) is 18.2. The van der Waals surface area contributed by atoms with Crippen molar-refractivity contribution in [3.05, 3.63) is 96.2 Å². The molecule has 3 N–H and O–H groups in total. The van der Waals surface area contributed by atoms with Gasteiger partial charge in [-0.25, -0.2) is 4.79 Å². The molecule has 0 fully saturated rings. The Kier molecular flexibility index (Phi) is 5.68. The first-order valence-corrected chi connectivity index (χ1v) is 8.42. The highest BCUT2D eigenvalue weighted by atomic mass is 16.2. The minimum Gasteiger partial charge on any atom is -0.356 e. The molecule has 2 amide bonds. The standard InChI is InChI=1S/C22H21N3O/c1-17-7-9-18(10-8-17)15-16-23-22(26)25-21-13-11-20(12-14-21)24-19-5-3-2-4-6-19/h2-16,24H,1H3,(H2,23,25,26)/b16-15+. The van der Waals surface area contributed by atoms with Crippen molar-refractivity contribution in [3.63, 3.8) is 0 Å². The van der Waals surface area contributed by atoms with Crippen molar-refractivity contribution in [2.75, 3.05) is 10.6 Å². The Morgan fingerprint density at radius 2 is 1.38 bits per heavy atom. The summed E-state index contributed by atoms with van der Waals surface area (Å²) in [6, 6.07) is 25.3. The van der Waals surface area contributed by atoms with Crippen molar-refractivity contribution in [2.45, 2.75) is 6.92 Å². The summed E-state index contributed by atoms with van der Waals surface area (Å²) in [5, 5.41) is 8.80. The van der Waals surface area contributed by atoms with Crippen LogP contribution in [0.2, 0.25) is 0 Å². The molecule has 26 heavy (non-hydrogen) atoms. The van der Waals surface area contributed by atoms with Gasteiger partial charge in [0.2, 0.25) is 0 Å². The lowest BCUT2D eigenvalue weighted by molar-refractivity contribution is 0.255. The summed E-state index contributed by atoms with van der Waals surface area (Å²) < 4.78 is 0. The van der Waals surface area contributed by atoms with Gasteiger partial charge in [0.05, 0.1) is 0 Å². The molecular formula is C22H21N3O. The molecule has 4 heteroatoms. The van der Waals surface area contributed by atoms with Crippen LogP contribution in [-0.2, 0) is 0 Å². The predicted molar refractivity (Wildman–Crippen MR) is 109 cm³/mol. The van der Waals surface area contributed by atoms with E-state index in [1.165, 1.54) is 5.56 Å². The third kappa shape index (κ3) is 5.24. The van der Waals surface area contributed by atoms with Crippen LogP contribution in [0.1, 0.15) is 11.1 Å². The van der Waals surface area contributed by atoms with Crippen molar-refractivity contribution in [1.82, 2.24) is 5.32 Å². The van der Waals surface area contributed by atoms with Crippen LogP contribution in [0.15, 0.2) is 85.1 Å². The third-order valence-corrected chi connectivity index (χ3v) is 3.77. The molecule has 3 aromatic rings. The summed E-state index contributed by atoms with van der Waals surface area (Å²) in [6.45, 7) is 2.04. The molecule has 3 rings (SSSR count). The molecule has 0 saturated carbocycles. The Labute approximate surface area is 153 Å². The normalized spacial score (nSPS) is 10.5. The first-order chi connectivity index (χ1) is 12.7. The van der Waals surface area contributed by atoms with Gasteiger partial charge in [0.25, 0.3) is 0 Å². The van der Waals surface area contributed by atoms with E-state index in [0.29, 0.717) is 0 Å². The van der Waals surface area contributed by atoms with E-state index in [-0.39, 0.29) is 6.03 Å². The number of amides is 2. The van der Waals surface area contributed by atoms with Crippen molar-refractivity contribution >= 4 is 29.2 Å². The van der Waals surface area contributed by atoms with E-state index >= 15 is 0 Å². The average Bonchev–Trinajstić information content (AvgIpc) is 2.66. The Bertz CT molecular complexity index is 870. The number of rotatable bonds is 5. The minimum absolute atomic E-state index is 0.280. The monoisotopic (exact) mass is 343 g/mol. The highest BCUT2D eigenvalue weighted by molar-refractivity contribution is 5.90. The summed E-state index contributed by atoms with van der Waals surface area (Å²) in [6.07, 6.45) is 3.48. The molecule has 0 heterocycles. The van der Waals surface area contributed by atoms with E-state index in [1.54, 1.807) is 6.20 Å². The first-order valence-electron chi connectivity index (χ1n) is 8.42. The van der Waals surface area contributed by atoms with E-state index in [2.05, 4.69) is 16.0 Å². The molecule has 0 unspecified atom stereocenters. The first kappa shape index (κ1) is 17.3. The fourth-order valence-corrected chi connectivity index (χ4v) is 2.38. The summed E-state index contributed by atoms with van der Waals surface area (Å²) >= 11 is 0. The number of para-hydroxylation sites is 1. The number of hydrogen-bond acceptors (Lipinski definition) is 2. The van der Waals surface area contributed by atoms with Crippen molar-refractivity contribution in [3.8, 4) is 0 Å². The van der Waals surface area contributed by atoms with E-state index in [9.17, 15) is 4.79 Å². The number of carbonyl (C=O) groups excluding carboxylic acids is 1. The third-order valence-electron chi connectivity index (χ3n) is 3.77. The highest BCUT2D eigenvalue weighted by Gasteiger charge is 2.00. The number of benzene rings is 3. The van der Waals surface area contributed by atoms with E-state index < -0.39 is 0 Å². The van der Waals surface area contributed by atoms with E-state index in [1.807, 2.05) is 91.9 Å². The second kappa shape index (κ2) is 8.53. The molecule has 0 spiro atoms. The smallest absolute Gasteiger partial charge is 0.323 e. The van der Waals surface area contributed by atoms with Crippen molar-refractivity contribution in [1.29, 1.82) is 0 Å². The van der Waals surface area contributed by atoms with E-state index in [0.717, 1.165) is 22.6 Å². The second-order valence-electron chi connectivity index (χ2n) is 5.91. The maximum Gasteiger partial charge on any atom is 0.323 e. The predicted octanol–water partition coefficient (Wildman–Crippen LogP) is 5.53. The summed E-state index contributed by atoms with van der Waals surface area (Å²) in [4.78, 5) is 11.9. The molecule has 0 atom stereocenters. The molecule has 4 nitrogen and oxygen atoms in total.